The number of hydrogen-bond donors (Lipinski definition) is 2. The van der Waals surface area contributed by atoms with Gasteiger partial charge in [0.15, 0.2) is 6.61 Å². The average molecular weight is 410 g/mol. The molecule has 1 spiro atoms. The van der Waals surface area contributed by atoms with E-state index in [1.807, 2.05) is 6.07 Å². The van der Waals surface area contributed by atoms with Crippen molar-refractivity contribution in [3.63, 3.8) is 0 Å². The quantitative estimate of drug-likeness (QED) is 0.588. The third-order valence-electron chi connectivity index (χ3n) is 5.50. The molecule has 2 aliphatic rings. The van der Waals surface area contributed by atoms with Crippen molar-refractivity contribution in [2.75, 3.05) is 6.61 Å². The molecule has 2 aromatic rings. The summed E-state index contributed by atoms with van der Waals surface area (Å²) in [5.74, 6) is -1.93. The number of benzene rings is 1. The highest BCUT2D eigenvalue weighted by Crippen LogP contribution is 2.33. The van der Waals surface area contributed by atoms with Gasteiger partial charge in [-0.1, -0.05) is 37.5 Å². The van der Waals surface area contributed by atoms with E-state index in [4.69, 9.17) is 4.74 Å². The lowest BCUT2D eigenvalue weighted by Crippen LogP contribution is -2.51. The number of aromatic nitrogens is 1. The molecule has 1 saturated heterocycles. The van der Waals surface area contributed by atoms with Crippen LogP contribution in [0.5, 0.6) is 0 Å². The van der Waals surface area contributed by atoms with Crippen molar-refractivity contribution in [1.82, 2.24) is 20.7 Å². The number of urea groups is 1. The van der Waals surface area contributed by atoms with Gasteiger partial charge in [-0.15, -0.1) is 0 Å². The summed E-state index contributed by atoms with van der Waals surface area (Å²) < 4.78 is 5.12. The SMILES string of the molecule is Cc1cc(C(=O)OCC(=O)NN2C(=O)NC3(CCCCC3)C2=O)c2ccccc2n1. The molecule has 2 fully saturated rings. The highest BCUT2D eigenvalue weighted by Gasteiger charge is 2.52. The van der Waals surface area contributed by atoms with Gasteiger partial charge in [-0.05, 0) is 31.9 Å². The standard InChI is InChI=1S/C21H22N4O5/c1-13-11-15(14-7-3-4-8-16(14)22-13)18(27)30-12-17(26)24-25-19(28)21(23-20(25)29)9-5-2-6-10-21/h3-4,7-8,11H,2,5-6,9-10,12H2,1H3,(H,23,29)(H,24,26). The molecule has 1 aromatic carbocycles. The lowest BCUT2D eigenvalue weighted by atomic mass is 9.82. The van der Waals surface area contributed by atoms with E-state index in [0.29, 0.717) is 40.0 Å². The van der Waals surface area contributed by atoms with Gasteiger partial charge in [0.1, 0.15) is 5.54 Å². The number of hydrogen-bond acceptors (Lipinski definition) is 6. The number of amides is 4. The van der Waals surface area contributed by atoms with Gasteiger partial charge in [-0.3, -0.25) is 20.0 Å². The fourth-order valence-corrected chi connectivity index (χ4v) is 4.06. The van der Waals surface area contributed by atoms with Crippen LogP contribution in [0.3, 0.4) is 0 Å². The van der Waals surface area contributed by atoms with Crippen LogP contribution in [0.2, 0.25) is 0 Å². The molecule has 30 heavy (non-hydrogen) atoms. The van der Waals surface area contributed by atoms with Crippen molar-refractivity contribution in [3.8, 4) is 0 Å². The maximum absolute atomic E-state index is 12.7. The van der Waals surface area contributed by atoms with Crippen LogP contribution in [0, 0.1) is 6.92 Å². The van der Waals surface area contributed by atoms with Crippen LogP contribution < -0.4 is 10.7 Å². The number of rotatable bonds is 4. The molecule has 1 aliphatic heterocycles. The Labute approximate surface area is 172 Å². The minimum Gasteiger partial charge on any atom is -0.452 e. The molecule has 1 aliphatic carbocycles. The molecule has 4 amide bonds. The second-order valence-electron chi connectivity index (χ2n) is 7.65. The third-order valence-corrected chi connectivity index (χ3v) is 5.50. The lowest BCUT2D eigenvalue weighted by molar-refractivity contribution is -0.140. The maximum Gasteiger partial charge on any atom is 0.344 e. The molecule has 0 unspecified atom stereocenters. The number of nitrogens with one attached hydrogen (secondary N) is 2. The Morgan fingerprint density at radius 2 is 1.93 bits per heavy atom. The van der Waals surface area contributed by atoms with Crippen molar-refractivity contribution >= 4 is 34.7 Å². The number of aryl methyl sites for hydroxylation is 1. The smallest absolute Gasteiger partial charge is 0.344 e. The highest BCUT2D eigenvalue weighted by atomic mass is 16.5. The zero-order valence-electron chi connectivity index (χ0n) is 16.6. The summed E-state index contributed by atoms with van der Waals surface area (Å²) in [5.41, 5.74) is 2.89. The van der Waals surface area contributed by atoms with Gasteiger partial charge in [-0.2, -0.15) is 5.01 Å². The lowest BCUT2D eigenvalue weighted by Gasteiger charge is -2.30. The molecule has 4 rings (SSSR count). The first-order chi connectivity index (χ1) is 14.4. The molecule has 156 valence electrons. The minimum atomic E-state index is -0.938. The number of pyridine rings is 1. The van der Waals surface area contributed by atoms with Crippen molar-refractivity contribution in [1.29, 1.82) is 0 Å². The number of para-hydroxylation sites is 1. The van der Waals surface area contributed by atoms with Gasteiger partial charge >= 0.3 is 12.0 Å². The second-order valence-corrected chi connectivity index (χ2v) is 7.65. The number of carbonyl (C=O) groups is 4. The summed E-state index contributed by atoms with van der Waals surface area (Å²) >= 11 is 0. The number of ether oxygens (including phenoxy) is 1. The topological polar surface area (TPSA) is 118 Å². The number of carbonyl (C=O) groups excluding carboxylic acids is 4. The second kappa shape index (κ2) is 7.74. The molecule has 1 aromatic heterocycles. The Morgan fingerprint density at radius 3 is 2.70 bits per heavy atom. The van der Waals surface area contributed by atoms with E-state index in [1.165, 1.54) is 0 Å². The predicted molar refractivity (Wildman–Crippen MR) is 106 cm³/mol. The highest BCUT2D eigenvalue weighted by molar-refractivity contribution is 6.08. The van der Waals surface area contributed by atoms with Gasteiger partial charge in [0, 0.05) is 11.1 Å². The number of esters is 1. The summed E-state index contributed by atoms with van der Waals surface area (Å²) in [4.78, 5) is 54.0. The molecule has 9 heteroatoms. The monoisotopic (exact) mass is 410 g/mol. The van der Waals surface area contributed by atoms with Crippen LogP contribution in [0.4, 0.5) is 4.79 Å². The summed E-state index contributed by atoms with van der Waals surface area (Å²) in [7, 11) is 0. The summed E-state index contributed by atoms with van der Waals surface area (Å²) in [6.45, 7) is 1.13. The molecule has 0 radical (unpaired) electrons. The largest absolute Gasteiger partial charge is 0.452 e. The van der Waals surface area contributed by atoms with Crippen molar-refractivity contribution in [3.05, 3.63) is 41.6 Å². The van der Waals surface area contributed by atoms with E-state index in [2.05, 4.69) is 15.7 Å². The Morgan fingerprint density at radius 1 is 1.20 bits per heavy atom. The molecular formula is C21H22N4O5. The van der Waals surface area contributed by atoms with Crippen LogP contribution in [-0.2, 0) is 14.3 Å². The molecule has 2 N–H and O–H groups in total. The molecule has 1 saturated carbocycles. The first kappa shape index (κ1) is 19.8. The predicted octanol–water partition coefficient (Wildman–Crippen LogP) is 1.99. The van der Waals surface area contributed by atoms with Gasteiger partial charge in [0.05, 0.1) is 11.1 Å². The third kappa shape index (κ3) is 3.58. The maximum atomic E-state index is 12.7. The van der Waals surface area contributed by atoms with E-state index in [-0.39, 0.29) is 0 Å². The minimum absolute atomic E-state index is 0.294. The molecule has 9 nitrogen and oxygen atoms in total. The number of hydrazine groups is 1. The number of imide groups is 1. The van der Waals surface area contributed by atoms with Crippen LogP contribution >= 0.6 is 0 Å². The van der Waals surface area contributed by atoms with Crippen LogP contribution in [-0.4, -0.2) is 46.0 Å². The van der Waals surface area contributed by atoms with Gasteiger partial charge in [0.2, 0.25) is 0 Å². The van der Waals surface area contributed by atoms with E-state index >= 15 is 0 Å². The zero-order valence-corrected chi connectivity index (χ0v) is 16.6. The molecule has 0 atom stereocenters. The Bertz CT molecular complexity index is 1040. The van der Waals surface area contributed by atoms with E-state index in [0.717, 1.165) is 19.3 Å². The molecule has 0 bridgehead atoms. The van der Waals surface area contributed by atoms with E-state index < -0.39 is 36.0 Å². The van der Waals surface area contributed by atoms with Crippen LogP contribution in [0.15, 0.2) is 30.3 Å². The average Bonchev–Trinajstić information content (AvgIpc) is 2.95. The molecule has 2 heterocycles. The van der Waals surface area contributed by atoms with Gasteiger partial charge < -0.3 is 10.1 Å². The van der Waals surface area contributed by atoms with Crippen molar-refractivity contribution < 1.29 is 23.9 Å². The Kier molecular flexibility index (Phi) is 5.11. The summed E-state index contributed by atoms with van der Waals surface area (Å²) in [6.07, 6.45) is 3.78. The van der Waals surface area contributed by atoms with Crippen LogP contribution in [0.1, 0.15) is 48.2 Å². The Balaban J connectivity index is 1.40. The first-order valence-electron chi connectivity index (χ1n) is 9.89. The van der Waals surface area contributed by atoms with Gasteiger partial charge in [-0.25, -0.2) is 9.59 Å². The van der Waals surface area contributed by atoms with Crippen LogP contribution in [0.25, 0.3) is 10.9 Å². The normalized spacial score (nSPS) is 17.8. The van der Waals surface area contributed by atoms with Crippen molar-refractivity contribution in [2.24, 2.45) is 0 Å². The zero-order chi connectivity index (χ0) is 21.3. The molecular weight excluding hydrogens is 388 g/mol. The van der Waals surface area contributed by atoms with Gasteiger partial charge in [0.25, 0.3) is 11.8 Å². The summed E-state index contributed by atoms with van der Waals surface area (Å²) in [5, 5.41) is 4.00. The Hall–Kier alpha value is -3.49. The fourth-order valence-electron chi connectivity index (χ4n) is 4.06. The van der Waals surface area contributed by atoms with Crippen molar-refractivity contribution in [2.45, 2.75) is 44.6 Å². The number of fused-ring (bicyclic) bond motifs is 1. The first-order valence-corrected chi connectivity index (χ1v) is 9.89. The number of nitrogens with zero attached hydrogens (tertiary/aromatic N) is 2. The van der Waals surface area contributed by atoms with E-state index in [1.54, 1.807) is 31.2 Å². The summed E-state index contributed by atoms with van der Waals surface area (Å²) in [6, 6.07) is 8.04. The fraction of sp³-hybridized carbons (Fsp3) is 0.381. The van der Waals surface area contributed by atoms with E-state index in [9.17, 15) is 19.2 Å².